The molecule has 150 valence electrons. The van der Waals surface area contributed by atoms with Gasteiger partial charge >= 0.3 is 6.61 Å². The summed E-state index contributed by atoms with van der Waals surface area (Å²) in [6.45, 7) is -2.35. The number of ether oxygens (including phenoxy) is 1. The fraction of sp³-hybridized carbons (Fsp3) is 0.278. The van der Waals surface area contributed by atoms with Crippen LogP contribution in [0.5, 0.6) is 5.75 Å². The number of sulfonamides is 1. The van der Waals surface area contributed by atoms with Crippen LogP contribution in [0.25, 0.3) is 0 Å². The second-order valence-corrected chi connectivity index (χ2v) is 8.43. The highest BCUT2D eigenvalue weighted by atomic mass is 35.5. The molecule has 1 aliphatic rings. The summed E-state index contributed by atoms with van der Waals surface area (Å²) in [7, 11) is -3.68. The molecule has 1 fully saturated rings. The Balaban J connectivity index is 1.66. The minimum absolute atomic E-state index is 0.107. The van der Waals surface area contributed by atoms with E-state index < -0.39 is 16.6 Å². The third-order valence-electron chi connectivity index (χ3n) is 4.28. The van der Waals surface area contributed by atoms with Gasteiger partial charge < -0.3 is 9.64 Å². The first-order valence-corrected chi connectivity index (χ1v) is 10.2. The van der Waals surface area contributed by atoms with Crippen molar-refractivity contribution in [3.05, 3.63) is 59.1 Å². The number of hydrogen-bond acceptors (Lipinski definition) is 4. The lowest BCUT2D eigenvalue weighted by Crippen LogP contribution is -2.50. The van der Waals surface area contributed by atoms with Crippen LogP contribution in [0, 0.1) is 0 Å². The molecule has 3 rings (SSSR count). The largest absolute Gasteiger partial charge is 0.435 e. The smallest absolute Gasteiger partial charge is 0.387 e. The monoisotopic (exact) mass is 430 g/mol. The standard InChI is InChI=1S/C18H17ClF2N2O4S/c19-14-4-6-16(7-5-14)28(25,26)23-10-8-22(9-11-23)17(24)13-2-1-3-15(12-13)27-18(20)21/h1-7,12,18H,8-11H2. The lowest BCUT2D eigenvalue weighted by atomic mass is 10.1. The first kappa shape index (κ1) is 20.5. The number of nitrogens with zero attached hydrogens (tertiary/aromatic N) is 2. The van der Waals surface area contributed by atoms with E-state index in [9.17, 15) is 22.0 Å². The second-order valence-electron chi connectivity index (χ2n) is 6.06. The summed E-state index contributed by atoms with van der Waals surface area (Å²) in [5.74, 6) is -0.479. The van der Waals surface area contributed by atoms with Gasteiger partial charge in [0.25, 0.3) is 5.91 Å². The van der Waals surface area contributed by atoms with Crippen LogP contribution in [0.3, 0.4) is 0 Å². The van der Waals surface area contributed by atoms with Crippen molar-refractivity contribution in [1.82, 2.24) is 9.21 Å². The van der Waals surface area contributed by atoms with Crippen LogP contribution in [0.15, 0.2) is 53.4 Å². The predicted octanol–water partition coefficient (Wildman–Crippen LogP) is 3.09. The molecule has 0 aliphatic carbocycles. The third-order valence-corrected chi connectivity index (χ3v) is 6.45. The predicted molar refractivity (Wildman–Crippen MR) is 99.2 cm³/mol. The molecule has 10 heteroatoms. The van der Waals surface area contributed by atoms with Gasteiger partial charge in [0.1, 0.15) is 5.75 Å². The molecule has 0 aromatic heterocycles. The van der Waals surface area contributed by atoms with Gasteiger partial charge in [0, 0.05) is 36.8 Å². The van der Waals surface area contributed by atoms with Crippen LogP contribution >= 0.6 is 11.6 Å². The van der Waals surface area contributed by atoms with Crippen LogP contribution in [-0.2, 0) is 10.0 Å². The van der Waals surface area contributed by atoms with E-state index in [1.807, 2.05) is 0 Å². The van der Waals surface area contributed by atoms with Crippen LogP contribution in [0.2, 0.25) is 5.02 Å². The van der Waals surface area contributed by atoms with Crippen LogP contribution < -0.4 is 4.74 Å². The van der Waals surface area contributed by atoms with E-state index in [2.05, 4.69) is 4.74 Å². The molecule has 1 aliphatic heterocycles. The Bertz CT molecular complexity index is 946. The van der Waals surface area contributed by atoms with Crippen molar-refractivity contribution >= 4 is 27.5 Å². The van der Waals surface area contributed by atoms with Crippen LogP contribution in [0.4, 0.5) is 8.78 Å². The highest BCUT2D eigenvalue weighted by molar-refractivity contribution is 7.89. The third kappa shape index (κ3) is 4.60. The van der Waals surface area contributed by atoms with Gasteiger partial charge in [0.05, 0.1) is 4.90 Å². The van der Waals surface area contributed by atoms with E-state index in [1.54, 1.807) is 0 Å². The summed E-state index contributed by atoms with van der Waals surface area (Å²) in [6, 6.07) is 11.4. The molecule has 1 heterocycles. The maximum Gasteiger partial charge on any atom is 0.387 e. The topological polar surface area (TPSA) is 66.9 Å². The normalized spacial score (nSPS) is 15.6. The first-order valence-electron chi connectivity index (χ1n) is 8.37. The first-order chi connectivity index (χ1) is 13.3. The minimum atomic E-state index is -3.68. The average molecular weight is 431 g/mol. The number of amides is 1. The minimum Gasteiger partial charge on any atom is -0.435 e. The number of benzene rings is 2. The lowest BCUT2D eigenvalue weighted by molar-refractivity contribution is -0.0499. The molecular weight excluding hydrogens is 414 g/mol. The fourth-order valence-electron chi connectivity index (χ4n) is 2.88. The van der Waals surface area contributed by atoms with Gasteiger partial charge in [-0.2, -0.15) is 13.1 Å². The van der Waals surface area contributed by atoms with Crippen LogP contribution in [0.1, 0.15) is 10.4 Å². The van der Waals surface area contributed by atoms with Crippen molar-refractivity contribution in [1.29, 1.82) is 0 Å². The second kappa shape index (κ2) is 8.42. The van der Waals surface area contributed by atoms with E-state index in [0.717, 1.165) is 0 Å². The summed E-state index contributed by atoms with van der Waals surface area (Å²) in [6.07, 6.45) is 0. The number of hydrogen-bond donors (Lipinski definition) is 0. The molecule has 0 atom stereocenters. The van der Waals surface area contributed by atoms with Crippen molar-refractivity contribution in [2.75, 3.05) is 26.2 Å². The molecular formula is C18H17ClF2N2O4S. The molecule has 1 saturated heterocycles. The average Bonchev–Trinajstić information content (AvgIpc) is 2.67. The van der Waals surface area contributed by atoms with E-state index in [-0.39, 0.29) is 48.3 Å². The number of halogens is 3. The quantitative estimate of drug-likeness (QED) is 0.731. The maximum absolute atomic E-state index is 12.7. The van der Waals surface area contributed by atoms with Crippen molar-refractivity contribution in [3.63, 3.8) is 0 Å². The number of carbonyl (C=O) groups excluding carboxylic acids is 1. The molecule has 0 unspecified atom stereocenters. The van der Waals surface area contributed by atoms with Gasteiger partial charge in [0.2, 0.25) is 10.0 Å². The summed E-state index contributed by atoms with van der Waals surface area (Å²) in [5, 5.41) is 0.437. The Morgan fingerprint density at radius 1 is 1.04 bits per heavy atom. The van der Waals surface area contributed by atoms with Gasteiger partial charge in [-0.25, -0.2) is 8.42 Å². The van der Waals surface area contributed by atoms with Crippen molar-refractivity contribution in [2.45, 2.75) is 11.5 Å². The summed E-state index contributed by atoms with van der Waals surface area (Å²) < 4.78 is 55.7. The Kier molecular flexibility index (Phi) is 6.17. The molecule has 0 N–H and O–H groups in total. The molecule has 0 radical (unpaired) electrons. The molecule has 2 aromatic carbocycles. The molecule has 28 heavy (non-hydrogen) atoms. The Hall–Kier alpha value is -2.23. The zero-order valence-corrected chi connectivity index (χ0v) is 16.2. The number of carbonyl (C=O) groups is 1. The number of rotatable bonds is 5. The van der Waals surface area contributed by atoms with Crippen molar-refractivity contribution in [2.24, 2.45) is 0 Å². The Labute approximate surface area is 166 Å². The van der Waals surface area contributed by atoms with E-state index in [0.29, 0.717) is 5.02 Å². The fourth-order valence-corrected chi connectivity index (χ4v) is 4.42. The Morgan fingerprint density at radius 2 is 1.68 bits per heavy atom. The van der Waals surface area contributed by atoms with Gasteiger partial charge in [0.15, 0.2) is 0 Å². The molecule has 2 aromatic rings. The number of piperazine rings is 1. The molecule has 0 spiro atoms. The highest BCUT2D eigenvalue weighted by Crippen LogP contribution is 2.21. The van der Waals surface area contributed by atoms with Gasteiger partial charge in [-0.15, -0.1) is 0 Å². The molecule has 0 bridgehead atoms. The summed E-state index contributed by atoms with van der Waals surface area (Å²) >= 11 is 5.80. The highest BCUT2D eigenvalue weighted by Gasteiger charge is 2.30. The number of alkyl halides is 2. The summed E-state index contributed by atoms with van der Waals surface area (Å²) in [5.41, 5.74) is 0.201. The van der Waals surface area contributed by atoms with Crippen LogP contribution in [-0.4, -0.2) is 56.3 Å². The molecule has 1 amide bonds. The SMILES string of the molecule is O=C(c1cccc(OC(F)F)c1)N1CCN(S(=O)(=O)c2ccc(Cl)cc2)CC1. The van der Waals surface area contributed by atoms with Crippen molar-refractivity contribution in [3.8, 4) is 5.75 Å². The zero-order valence-electron chi connectivity index (χ0n) is 14.6. The van der Waals surface area contributed by atoms with E-state index in [4.69, 9.17) is 11.6 Å². The van der Waals surface area contributed by atoms with Gasteiger partial charge in [-0.1, -0.05) is 17.7 Å². The lowest BCUT2D eigenvalue weighted by Gasteiger charge is -2.34. The summed E-state index contributed by atoms with van der Waals surface area (Å²) in [4.78, 5) is 14.2. The Morgan fingerprint density at radius 3 is 2.29 bits per heavy atom. The zero-order chi connectivity index (χ0) is 20.3. The van der Waals surface area contributed by atoms with Gasteiger partial charge in [-0.05, 0) is 42.5 Å². The maximum atomic E-state index is 12.7. The van der Waals surface area contributed by atoms with E-state index >= 15 is 0 Å². The molecule has 0 saturated carbocycles. The van der Waals surface area contributed by atoms with E-state index in [1.165, 1.54) is 57.7 Å². The molecule has 6 nitrogen and oxygen atoms in total. The van der Waals surface area contributed by atoms with Gasteiger partial charge in [-0.3, -0.25) is 4.79 Å². The van der Waals surface area contributed by atoms with Crippen molar-refractivity contribution < 1.29 is 26.7 Å².